The van der Waals surface area contributed by atoms with Crippen LogP contribution >= 0.6 is 34.4 Å². The number of nitrogens with one attached hydrogen (secondary N) is 1. The van der Waals surface area contributed by atoms with Gasteiger partial charge in [-0.2, -0.15) is 11.8 Å². The fourth-order valence-corrected chi connectivity index (χ4v) is 3.59. The number of thioether (sulfide) groups is 1. The predicted molar refractivity (Wildman–Crippen MR) is 83.6 cm³/mol. The highest BCUT2D eigenvalue weighted by molar-refractivity contribution is 14.1. The largest absolute Gasteiger partial charge is 0.349 e. The summed E-state index contributed by atoms with van der Waals surface area (Å²) >= 11 is 3.91. The Morgan fingerprint density at radius 3 is 2.74 bits per heavy atom. The standard InChI is InChI=1S/C12H13IN2O3S/c13-11-2-1-9(15(17)18)7-10(11)12(16)14-8-3-5-19-6-4-8/h1-2,7-8H,3-6H2,(H,14,16). The number of hydrogen-bond donors (Lipinski definition) is 1. The molecule has 1 heterocycles. The van der Waals surface area contributed by atoms with Gasteiger partial charge in [0, 0.05) is 21.7 Å². The molecule has 0 aliphatic carbocycles. The van der Waals surface area contributed by atoms with E-state index in [0.29, 0.717) is 5.56 Å². The normalized spacial score (nSPS) is 16.1. The summed E-state index contributed by atoms with van der Waals surface area (Å²) in [6, 6.07) is 4.54. The number of rotatable bonds is 3. The molecule has 102 valence electrons. The van der Waals surface area contributed by atoms with Crippen molar-refractivity contribution >= 4 is 45.9 Å². The van der Waals surface area contributed by atoms with Crippen LogP contribution in [-0.2, 0) is 0 Å². The van der Waals surface area contributed by atoms with Crippen LogP contribution in [-0.4, -0.2) is 28.4 Å². The van der Waals surface area contributed by atoms with Crippen LogP contribution in [0.15, 0.2) is 18.2 Å². The van der Waals surface area contributed by atoms with Crippen molar-refractivity contribution in [2.75, 3.05) is 11.5 Å². The first kappa shape index (κ1) is 14.6. The van der Waals surface area contributed by atoms with Crippen LogP contribution in [0.3, 0.4) is 0 Å². The molecular weight excluding hydrogens is 379 g/mol. The molecule has 1 aliphatic heterocycles. The molecule has 0 spiro atoms. The van der Waals surface area contributed by atoms with Gasteiger partial charge in [0.2, 0.25) is 0 Å². The maximum absolute atomic E-state index is 12.2. The van der Waals surface area contributed by atoms with Gasteiger partial charge in [0.25, 0.3) is 11.6 Å². The summed E-state index contributed by atoms with van der Waals surface area (Å²) in [6.45, 7) is 0. The van der Waals surface area contributed by atoms with Crippen molar-refractivity contribution in [3.05, 3.63) is 37.4 Å². The third kappa shape index (κ3) is 3.82. The van der Waals surface area contributed by atoms with Crippen LogP contribution in [0.1, 0.15) is 23.2 Å². The maximum atomic E-state index is 12.2. The number of nitro groups is 1. The zero-order chi connectivity index (χ0) is 13.8. The second-order valence-corrected chi connectivity index (χ2v) is 6.67. The molecule has 0 unspecified atom stereocenters. The summed E-state index contributed by atoms with van der Waals surface area (Å²) < 4.78 is 0.728. The van der Waals surface area contributed by atoms with E-state index in [4.69, 9.17) is 0 Å². The van der Waals surface area contributed by atoms with Gasteiger partial charge in [0.1, 0.15) is 0 Å². The maximum Gasteiger partial charge on any atom is 0.270 e. The molecule has 1 aromatic carbocycles. The Labute approximate surface area is 128 Å². The zero-order valence-electron chi connectivity index (χ0n) is 10.1. The van der Waals surface area contributed by atoms with Crippen molar-refractivity contribution in [1.82, 2.24) is 5.32 Å². The van der Waals surface area contributed by atoms with Crippen molar-refractivity contribution in [3.8, 4) is 0 Å². The number of carbonyl (C=O) groups excluding carboxylic acids is 1. The monoisotopic (exact) mass is 392 g/mol. The molecule has 1 saturated heterocycles. The molecule has 1 fully saturated rings. The number of nitro benzene ring substituents is 1. The molecule has 5 nitrogen and oxygen atoms in total. The van der Waals surface area contributed by atoms with Gasteiger partial charge in [-0.15, -0.1) is 0 Å². The molecule has 19 heavy (non-hydrogen) atoms. The van der Waals surface area contributed by atoms with Gasteiger partial charge in [0.05, 0.1) is 10.5 Å². The van der Waals surface area contributed by atoms with Gasteiger partial charge in [-0.25, -0.2) is 0 Å². The van der Waals surface area contributed by atoms with Crippen LogP contribution in [0.5, 0.6) is 0 Å². The molecule has 1 N–H and O–H groups in total. The Morgan fingerprint density at radius 1 is 1.42 bits per heavy atom. The second kappa shape index (κ2) is 6.56. The second-order valence-electron chi connectivity index (χ2n) is 4.28. The molecule has 2 rings (SSSR count). The Balaban J connectivity index is 2.13. The highest BCUT2D eigenvalue weighted by Crippen LogP contribution is 2.21. The number of halogens is 1. The molecule has 0 bridgehead atoms. The summed E-state index contributed by atoms with van der Waals surface area (Å²) in [4.78, 5) is 22.4. The third-order valence-electron chi connectivity index (χ3n) is 2.96. The van der Waals surface area contributed by atoms with E-state index in [1.165, 1.54) is 12.1 Å². The quantitative estimate of drug-likeness (QED) is 0.488. The van der Waals surface area contributed by atoms with E-state index in [2.05, 4.69) is 5.32 Å². The van der Waals surface area contributed by atoms with Crippen molar-refractivity contribution in [1.29, 1.82) is 0 Å². The molecule has 0 aromatic heterocycles. The van der Waals surface area contributed by atoms with Gasteiger partial charge in [-0.1, -0.05) is 0 Å². The van der Waals surface area contributed by atoms with Crippen LogP contribution in [0, 0.1) is 13.7 Å². The first-order valence-electron chi connectivity index (χ1n) is 5.90. The minimum Gasteiger partial charge on any atom is -0.349 e. The van der Waals surface area contributed by atoms with Crippen LogP contribution < -0.4 is 5.32 Å². The average molecular weight is 392 g/mol. The Morgan fingerprint density at radius 2 is 2.11 bits per heavy atom. The lowest BCUT2D eigenvalue weighted by Gasteiger charge is -2.22. The van der Waals surface area contributed by atoms with E-state index in [9.17, 15) is 14.9 Å². The van der Waals surface area contributed by atoms with Crippen molar-refractivity contribution in [2.24, 2.45) is 0 Å². The minimum absolute atomic E-state index is 0.0511. The SMILES string of the molecule is O=C(NC1CCSCC1)c1cc([N+](=O)[O-])ccc1I. The fourth-order valence-electron chi connectivity index (χ4n) is 1.91. The van der Waals surface area contributed by atoms with E-state index in [1.54, 1.807) is 6.07 Å². The van der Waals surface area contributed by atoms with Gasteiger partial charge < -0.3 is 5.32 Å². The molecule has 0 radical (unpaired) electrons. The number of amides is 1. The lowest BCUT2D eigenvalue weighted by atomic mass is 10.1. The van der Waals surface area contributed by atoms with Gasteiger partial charge in [0.15, 0.2) is 0 Å². The number of carbonyl (C=O) groups is 1. The van der Waals surface area contributed by atoms with Crippen molar-refractivity contribution in [2.45, 2.75) is 18.9 Å². The van der Waals surface area contributed by atoms with E-state index < -0.39 is 4.92 Å². The van der Waals surface area contributed by atoms with Gasteiger partial charge in [-0.3, -0.25) is 14.9 Å². The number of benzene rings is 1. The number of hydrogen-bond acceptors (Lipinski definition) is 4. The highest BCUT2D eigenvalue weighted by atomic mass is 127. The summed E-state index contributed by atoms with van der Waals surface area (Å²) in [6.07, 6.45) is 1.92. The Hall–Kier alpha value is -0.830. The highest BCUT2D eigenvalue weighted by Gasteiger charge is 2.20. The summed E-state index contributed by atoms with van der Waals surface area (Å²) in [7, 11) is 0. The van der Waals surface area contributed by atoms with Gasteiger partial charge >= 0.3 is 0 Å². The minimum atomic E-state index is -0.482. The van der Waals surface area contributed by atoms with E-state index in [1.807, 2.05) is 34.4 Å². The number of nitrogens with zero attached hydrogens (tertiary/aromatic N) is 1. The Kier molecular flexibility index (Phi) is 5.03. The lowest BCUT2D eigenvalue weighted by molar-refractivity contribution is -0.384. The van der Waals surface area contributed by atoms with E-state index in [-0.39, 0.29) is 17.6 Å². The first-order valence-corrected chi connectivity index (χ1v) is 8.14. The van der Waals surface area contributed by atoms with Crippen molar-refractivity contribution in [3.63, 3.8) is 0 Å². The molecule has 1 aliphatic rings. The van der Waals surface area contributed by atoms with E-state index in [0.717, 1.165) is 27.9 Å². The fraction of sp³-hybridized carbons (Fsp3) is 0.417. The molecule has 7 heteroatoms. The van der Waals surface area contributed by atoms with Crippen molar-refractivity contribution < 1.29 is 9.72 Å². The molecule has 0 saturated carbocycles. The lowest BCUT2D eigenvalue weighted by Crippen LogP contribution is -2.37. The first-order chi connectivity index (χ1) is 9.08. The summed E-state index contributed by atoms with van der Waals surface area (Å²) in [5.74, 6) is 1.89. The number of non-ortho nitro benzene ring substituents is 1. The average Bonchev–Trinajstić information content (AvgIpc) is 2.40. The molecule has 0 atom stereocenters. The predicted octanol–water partition coefficient (Wildman–Crippen LogP) is 2.82. The summed E-state index contributed by atoms with van der Waals surface area (Å²) in [5, 5.41) is 13.7. The molecule has 1 aromatic rings. The molecule has 1 amide bonds. The Bertz CT molecular complexity index is 504. The van der Waals surface area contributed by atoms with Crippen LogP contribution in [0.2, 0.25) is 0 Å². The third-order valence-corrected chi connectivity index (χ3v) is 4.95. The van der Waals surface area contributed by atoms with Crippen LogP contribution in [0.4, 0.5) is 5.69 Å². The summed E-state index contributed by atoms with van der Waals surface area (Å²) in [5.41, 5.74) is 0.331. The molecular formula is C12H13IN2O3S. The zero-order valence-corrected chi connectivity index (χ0v) is 13.1. The van der Waals surface area contributed by atoms with Crippen LogP contribution in [0.25, 0.3) is 0 Å². The smallest absolute Gasteiger partial charge is 0.270 e. The van der Waals surface area contributed by atoms with E-state index >= 15 is 0 Å². The topological polar surface area (TPSA) is 72.2 Å². The van der Waals surface area contributed by atoms with Gasteiger partial charge in [-0.05, 0) is 53.0 Å².